The molecule has 1 aromatic heterocycles. The molecule has 2 saturated heterocycles. The largest absolute Gasteiger partial charge is 0.380 e. The molecule has 0 bridgehead atoms. The normalized spacial score (nSPS) is 23.6. The van der Waals surface area contributed by atoms with Gasteiger partial charge in [0.15, 0.2) is 0 Å². The van der Waals surface area contributed by atoms with E-state index in [4.69, 9.17) is 4.74 Å². The van der Waals surface area contributed by atoms with Crippen LogP contribution in [0.1, 0.15) is 36.9 Å². The van der Waals surface area contributed by atoms with Gasteiger partial charge < -0.3 is 9.64 Å². The minimum absolute atomic E-state index is 0.00531. The third-order valence-electron chi connectivity index (χ3n) is 6.57. The van der Waals surface area contributed by atoms with Crippen LogP contribution in [0, 0.1) is 0 Å². The Morgan fingerprint density at radius 3 is 2.66 bits per heavy atom. The fourth-order valence-electron chi connectivity index (χ4n) is 4.75. The van der Waals surface area contributed by atoms with Gasteiger partial charge in [0.05, 0.1) is 11.5 Å². The van der Waals surface area contributed by atoms with Crippen molar-refractivity contribution in [1.29, 1.82) is 0 Å². The van der Waals surface area contributed by atoms with E-state index in [-0.39, 0.29) is 43.2 Å². The lowest BCUT2D eigenvalue weighted by molar-refractivity contribution is -0.143. The minimum atomic E-state index is -1.17. The highest BCUT2D eigenvalue weighted by atomic mass is 16.5. The lowest BCUT2D eigenvalue weighted by atomic mass is 9.75. The summed E-state index contributed by atoms with van der Waals surface area (Å²) in [6, 6.07) is 14.8. The van der Waals surface area contributed by atoms with Crippen LogP contribution in [0.4, 0.5) is 0 Å². The number of pyridine rings is 1. The molecule has 0 unspecified atom stereocenters. The molecule has 2 atom stereocenters. The van der Waals surface area contributed by atoms with Gasteiger partial charge in [-0.05, 0) is 30.5 Å². The first-order valence-electron chi connectivity index (χ1n) is 11.1. The van der Waals surface area contributed by atoms with Gasteiger partial charge in [0, 0.05) is 57.9 Å². The van der Waals surface area contributed by atoms with Gasteiger partial charge >= 0.3 is 0 Å². The van der Waals surface area contributed by atoms with E-state index in [1.807, 2.05) is 48.5 Å². The number of likely N-dealkylation sites (tertiary alicyclic amines) is 2. The molecular weight excluding hydrogens is 406 g/mol. The first kappa shape index (κ1) is 22.1. The standard InChI is InChI=1S/C25H29N3O4/c1-32-21-11-7-14-27(18-21)22(29)16-25(19-8-3-2-4-9-19)17-23(30)28(24(25)31)15-12-20-10-5-6-13-26-20/h2-6,8-10,13,21H,7,11-12,14-18H2,1H3/t21-,25-/m0/s1. The van der Waals surface area contributed by atoms with Crippen LogP contribution in [-0.2, 0) is 31.0 Å². The van der Waals surface area contributed by atoms with Gasteiger partial charge in [0.25, 0.3) is 0 Å². The Labute approximate surface area is 188 Å². The first-order chi connectivity index (χ1) is 15.5. The summed E-state index contributed by atoms with van der Waals surface area (Å²) in [5, 5.41) is 0. The molecule has 3 amide bonds. The number of carbonyl (C=O) groups excluding carboxylic acids is 3. The van der Waals surface area contributed by atoms with Gasteiger partial charge in [0.1, 0.15) is 0 Å². The number of hydrogen-bond acceptors (Lipinski definition) is 5. The number of nitrogens with zero attached hydrogens (tertiary/aromatic N) is 3. The molecule has 0 N–H and O–H groups in total. The second kappa shape index (κ2) is 9.61. The summed E-state index contributed by atoms with van der Waals surface area (Å²) in [7, 11) is 1.66. The summed E-state index contributed by atoms with van der Waals surface area (Å²) >= 11 is 0. The van der Waals surface area contributed by atoms with Crippen molar-refractivity contribution in [3.05, 3.63) is 66.0 Å². The lowest BCUT2D eigenvalue weighted by Crippen LogP contribution is -2.47. The molecule has 32 heavy (non-hydrogen) atoms. The smallest absolute Gasteiger partial charge is 0.240 e. The van der Waals surface area contributed by atoms with Crippen molar-refractivity contribution >= 4 is 17.7 Å². The van der Waals surface area contributed by atoms with Crippen LogP contribution < -0.4 is 0 Å². The Kier molecular flexibility index (Phi) is 6.65. The lowest BCUT2D eigenvalue weighted by Gasteiger charge is -2.35. The molecule has 168 valence electrons. The molecule has 2 aliphatic rings. The summed E-state index contributed by atoms with van der Waals surface area (Å²) in [4.78, 5) is 47.4. The average Bonchev–Trinajstić information content (AvgIpc) is 3.08. The molecule has 4 rings (SSSR count). The quantitative estimate of drug-likeness (QED) is 0.624. The zero-order chi connectivity index (χ0) is 22.6. The van der Waals surface area contributed by atoms with Crippen molar-refractivity contribution in [3.63, 3.8) is 0 Å². The fraction of sp³-hybridized carbons (Fsp3) is 0.440. The topological polar surface area (TPSA) is 79.8 Å². The van der Waals surface area contributed by atoms with Crippen LogP contribution in [-0.4, -0.2) is 65.4 Å². The van der Waals surface area contributed by atoms with E-state index < -0.39 is 5.41 Å². The highest BCUT2D eigenvalue weighted by molar-refractivity contribution is 6.10. The monoisotopic (exact) mass is 435 g/mol. The molecule has 0 spiro atoms. The summed E-state index contributed by atoms with van der Waals surface area (Å²) in [6.07, 6.45) is 3.97. The predicted octanol–water partition coefficient (Wildman–Crippen LogP) is 2.35. The molecule has 2 aliphatic heterocycles. The van der Waals surface area contributed by atoms with Crippen LogP contribution in [0.3, 0.4) is 0 Å². The average molecular weight is 436 g/mol. The number of carbonyl (C=O) groups is 3. The van der Waals surface area contributed by atoms with E-state index in [0.29, 0.717) is 25.1 Å². The van der Waals surface area contributed by atoms with Gasteiger partial charge in [0.2, 0.25) is 17.7 Å². The Hall–Kier alpha value is -3.06. The Morgan fingerprint density at radius 1 is 1.16 bits per heavy atom. The number of methoxy groups -OCH3 is 1. The third-order valence-corrected chi connectivity index (χ3v) is 6.57. The summed E-state index contributed by atoms with van der Waals surface area (Å²) in [5.41, 5.74) is 0.368. The van der Waals surface area contributed by atoms with E-state index in [1.165, 1.54) is 4.90 Å². The number of aromatic nitrogens is 1. The highest BCUT2D eigenvalue weighted by Gasteiger charge is 2.54. The molecule has 7 nitrogen and oxygen atoms in total. The maximum Gasteiger partial charge on any atom is 0.240 e. The maximum atomic E-state index is 13.7. The van der Waals surface area contributed by atoms with E-state index >= 15 is 0 Å². The molecule has 0 saturated carbocycles. The number of amides is 3. The number of rotatable bonds is 7. The molecular formula is C25H29N3O4. The number of ether oxygens (including phenoxy) is 1. The first-order valence-corrected chi connectivity index (χ1v) is 11.1. The minimum Gasteiger partial charge on any atom is -0.380 e. The van der Waals surface area contributed by atoms with E-state index in [1.54, 1.807) is 18.2 Å². The van der Waals surface area contributed by atoms with Crippen molar-refractivity contribution in [2.75, 3.05) is 26.7 Å². The molecule has 2 fully saturated rings. The van der Waals surface area contributed by atoms with Crippen molar-refractivity contribution in [3.8, 4) is 0 Å². The molecule has 0 radical (unpaired) electrons. The van der Waals surface area contributed by atoms with Crippen molar-refractivity contribution in [2.45, 2.75) is 43.6 Å². The Bertz CT molecular complexity index is 966. The fourth-order valence-corrected chi connectivity index (χ4v) is 4.75. The van der Waals surface area contributed by atoms with Gasteiger partial charge in [-0.1, -0.05) is 36.4 Å². The summed E-state index contributed by atoms with van der Waals surface area (Å²) in [6.45, 7) is 1.42. The van der Waals surface area contributed by atoms with Crippen LogP contribution in [0.25, 0.3) is 0 Å². The molecule has 2 aromatic rings. The van der Waals surface area contributed by atoms with Crippen molar-refractivity contribution < 1.29 is 19.1 Å². The Morgan fingerprint density at radius 2 is 1.94 bits per heavy atom. The van der Waals surface area contributed by atoms with Crippen molar-refractivity contribution in [2.24, 2.45) is 0 Å². The van der Waals surface area contributed by atoms with E-state index in [2.05, 4.69) is 4.98 Å². The zero-order valence-corrected chi connectivity index (χ0v) is 18.4. The van der Waals surface area contributed by atoms with Gasteiger partial charge in [-0.2, -0.15) is 0 Å². The SMILES string of the molecule is CO[C@H]1CCCN(C(=O)C[C@@]2(c3ccccc3)CC(=O)N(CCc3ccccn3)C2=O)C1. The van der Waals surface area contributed by atoms with Crippen LogP contribution in [0.2, 0.25) is 0 Å². The number of hydrogen-bond donors (Lipinski definition) is 0. The molecule has 7 heteroatoms. The van der Waals surface area contributed by atoms with E-state index in [0.717, 1.165) is 18.5 Å². The van der Waals surface area contributed by atoms with Crippen LogP contribution in [0.5, 0.6) is 0 Å². The predicted molar refractivity (Wildman–Crippen MR) is 119 cm³/mol. The van der Waals surface area contributed by atoms with Gasteiger partial charge in [-0.25, -0.2) is 0 Å². The van der Waals surface area contributed by atoms with Gasteiger partial charge in [-0.15, -0.1) is 0 Å². The van der Waals surface area contributed by atoms with Crippen LogP contribution in [0.15, 0.2) is 54.7 Å². The maximum absolute atomic E-state index is 13.7. The number of benzene rings is 1. The number of imide groups is 1. The second-order valence-corrected chi connectivity index (χ2v) is 8.56. The Balaban J connectivity index is 1.57. The summed E-state index contributed by atoms with van der Waals surface area (Å²) < 4.78 is 5.45. The second-order valence-electron chi connectivity index (χ2n) is 8.56. The molecule has 1 aromatic carbocycles. The highest BCUT2D eigenvalue weighted by Crippen LogP contribution is 2.40. The molecule has 3 heterocycles. The molecule has 0 aliphatic carbocycles. The van der Waals surface area contributed by atoms with Crippen molar-refractivity contribution in [1.82, 2.24) is 14.8 Å². The van der Waals surface area contributed by atoms with Gasteiger partial charge in [-0.3, -0.25) is 24.3 Å². The third kappa shape index (κ3) is 4.43. The van der Waals surface area contributed by atoms with E-state index in [9.17, 15) is 14.4 Å². The summed E-state index contributed by atoms with van der Waals surface area (Å²) in [5.74, 6) is -0.641. The van der Waals surface area contributed by atoms with Crippen LogP contribution >= 0.6 is 0 Å². The zero-order valence-electron chi connectivity index (χ0n) is 18.4. The number of piperidine rings is 1.